The van der Waals surface area contributed by atoms with Gasteiger partial charge in [0.25, 0.3) is 0 Å². The topological polar surface area (TPSA) is 45.5 Å². The third-order valence-electron chi connectivity index (χ3n) is 5.49. The van der Waals surface area contributed by atoms with Gasteiger partial charge in [0.15, 0.2) is 0 Å². The quantitative estimate of drug-likeness (QED) is 0.345. The van der Waals surface area contributed by atoms with Crippen LogP contribution in [0.5, 0.6) is 0 Å². The molecule has 0 aliphatic heterocycles. The predicted molar refractivity (Wildman–Crippen MR) is 112 cm³/mol. The average molecular weight is 377 g/mol. The molecule has 1 aliphatic carbocycles. The molecule has 1 heterocycles. The number of oxime groups is 1. The van der Waals surface area contributed by atoms with Crippen molar-refractivity contribution in [2.45, 2.75) is 45.4 Å². The van der Waals surface area contributed by atoms with Crippen LogP contribution in [0.15, 0.2) is 53.0 Å². The van der Waals surface area contributed by atoms with E-state index < -0.39 is 0 Å². The Bertz CT molecular complexity index is 1020. The summed E-state index contributed by atoms with van der Waals surface area (Å²) < 4.78 is 0. The van der Waals surface area contributed by atoms with E-state index in [2.05, 4.69) is 60.6 Å². The molecular formula is C23H24N2OS. The van der Waals surface area contributed by atoms with Gasteiger partial charge in [-0.1, -0.05) is 55.4 Å². The first-order chi connectivity index (χ1) is 13.0. The van der Waals surface area contributed by atoms with Crippen LogP contribution < -0.4 is 0 Å². The van der Waals surface area contributed by atoms with Crippen molar-refractivity contribution < 1.29 is 5.21 Å². The molecule has 0 atom stereocenters. The lowest BCUT2D eigenvalue weighted by molar-refractivity contribution is 0.320. The van der Waals surface area contributed by atoms with Gasteiger partial charge in [-0.3, -0.25) is 0 Å². The summed E-state index contributed by atoms with van der Waals surface area (Å²) in [6.07, 6.45) is 3.20. The second-order valence-electron chi connectivity index (χ2n) is 7.86. The van der Waals surface area contributed by atoms with Crippen molar-refractivity contribution >= 4 is 17.0 Å². The molecule has 0 spiro atoms. The third-order valence-corrected chi connectivity index (χ3v) is 6.26. The van der Waals surface area contributed by atoms with E-state index in [1.165, 1.54) is 11.3 Å². The molecule has 0 amide bonds. The van der Waals surface area contributed by atoms with Crippen molar-refractivity contribution in [1.29, 1.82) is 0 Å². The maximum Gasteiger partial charge on any atom is 0.118 e. The van der Waals surface area contributed by atoms with Crippen molar-refractivity contribution in [1.82, 2.24) is 4.98 Å². The van der Waals surface area contributed by atoms with Crippen molar-refractivity contribution in [3.63, 3.8) is 0 Å². The first-order valence-electron chi connectivity index (χ1n) is 9.37. The van der Waals surface area contributed by atoms with Crippen LogP contribution in [0.25, 0.3) is 11.1 Å². The minimum absolute atomic E-state index is 0.0927. The summed E-state index contributed by atoms with van der Waals surface area (Å²) in [6, 6.07) is 14.7. The summed E-state index contributed by atoms with van der Waals surface area (Å²) in [5, 5.41) is 16.4. The maximum absolute atomic E-state index is 9.54. The van der Waals surface area contributed by atoms with Gasteiger partial charge in [0.2, 0.25) is 0 Å². The van der Waals surface area contributed by atoms with Gasteiger partial charge in [-0.25, -0.2) is 4.98 Å². The fourth-order valence-corrected chi connectivity index (χ4v) is 4.70. The summed E-state index contributed by atoms with van der Waals surface area (Å²) >= 11 is 1.72. The Balaban J connectivity index is 1.50. The Morgan fingerprint density at radius 1 is 1.04 bits per heavy atom. The molecule has 4 heteroatoms. The van der Waals surface area contributed by atoms with E-state index in [0.29, 0.717) is 5.71 Å². The van der Waals surface area contributed by atoms with Gasteiger partial charge in [0, 0.05) is 21.9 Å². The van der Waals surface area contributed by atoms with E-state index in [-0.39, 0.29) is 5.41 Å². The van der Waals surface area contributed by atoms with Crippen LogP contribution in [0.4, 0.5) is 0 Å². The van der Waals surface area contributed by atoms with Crippen LogP contribution in [-0.2, 0) is 11.8 Å². The number of rotatable bonds is 5. The van der Waals surface area contributed by atoms with Crippen LogP contribution in [0.1, 0.15) is 54.1 Å². The molecule has 0 radical (unpaired) electrons. The molecular weight excluding hydrogens is 352 g/mol. The number of nitrogens with zero attached hydrogens (tertiary/aromatic N) is 2. The first-order valence-corrected chi connectivity index (χ1v) is 10.3. The van der Waals surface area contributed by atoms with Crippen molar-refractivity contribution in [3.05, 3.63) is 75.2 Å². The Kier molecular flexibility index (Phi) is 4.60. The lowest BCUT2D eigenvalue weighted by atomic mass is 9.84. The predicted octanol–water partition coefficient (Wildman–Crippen LogP) is 5.96. The smallest absolute Gasteiger partial charge is 0.118 e. The molecule has 1 aromatic heterocycles. The van der Waals surface area contributed by atoms with Gasteiger partial charge in [-0.2, -0.15) is 0 Å². The lowest BCUT2D eigenvalue weighted by Gasteiger charge is -2.22. The van der Waals surface area contributed by atoms with E-state index in [0.717, 1.165) is 46.5 Å². The zero-order chi connectivity index (χ0) is 19.0. The monoisotopic (exact) mass is 376 g/mol. The SMILES string of the molecule is Cc1nc(C(C)(C)CCCc2ccc3c(c2)/C(=N\O)c2ccccc2-3)cs1. The van der Waals surface area contributed by atoms with Crippen molar-refractivity contribution in [3.8, 4) is 11.1 Å². The van der Waals surface area contributed by atoms with E-state index >= 15 is 0 Å². The Labute approximate surface area is 164 Å². The van der Waals surface area contributed by atoms with Crippen LogP contribution in [-0.4, -0.2) is 15.9 Å². The molecule has 3 aromatic rings. The Hall–Kier alpha value is -2.46. The van der Waals surface area contributed by atoms with Gasteiger partial charge in [-0.05, 0) is 48.9 Å². The van der Waals surface area contributed by atoms with Gasteiger partial charge in [-0.15, -0.1) is 11.3 Å². The zero-order valence-corrected chi connectivity index (χ0v) is 16.8. The van der Waals surface area contributed by atoms with E-state index in [1.807, 2.05) is 18.2 Å². The molecule has 4 rings (SSSR count). The molecule has 0 saturated heterocycles. The Morgan fingerprint density at radius 2 is 1.78 bits per heavy atom. The number of thiazole rings is 1. The normalized spacial score (nSPS) is 14.4. The second kappa shape index (κ2) is 6.93. The highest BCUT2D eigenvalue weighted by atomic mass is 32.1. The van der Waals surface area contributed by atoms with Crippen LogP contribution >= 0.6 is 11.3 Å². The summed E-state index contributed by atoms with van der Waals surface area (Å²) in [7, 11) is 0. The molecule has 1 aliphatic rings. The number of hydrogen-bond acceptors (Lipinski definition) is 4. The van der Waals surface area contributed by atoms with Crippen molar-refractivity contribution in [2.75, 3.05) is 0 Å². The molecule has 1 N–H and O–H groups in total. The number of aromatic nitrogens is 1. The summed E-state index contributed by atoms with van der Waals surface area (Å²) in [5.41, 5.74) is 7.60. The minimum Gasteiger partial charge on any atom is -0.410 e. The highest BCUT2D eigenvalue weighted by Gasteiger charge is 2.26. The molecule has 27 heavy (non-hydrogen) atoms. The molecule has 0 bridgehead atoms. The maximum atomic E-state index is 9.54. The Morgan fingerprint density at radius 3 is 2.48 bits per heavy atom. The van der Waals surface area contributed by atoms with E-state index in [1.54, 1.807) is 11.3 Å². The van der Waals surface area contributed by atoms with E-state index in [9.17, 15) is 5.21 Å². The largest absolute Gasteiger partial charge is 0.410 e. The highest BCUT2D eigenvalue weighted by molar-refractivity contribution is 7.09. The van der Waals surface area contributed by atoms with Gasteiger partial charge < -0.3 is 5.21 Å². The fourth-order valence-electron chi connectivity index (χ4n) is 3.89. The van der Waals surface area contributed by atoms with Crippen LogP contribution in [0.3, 0.4) is 0 Å². The van der Waals surface area contributed by atoms with Crippen LogP contribution in [0.2, 0.25) is 0 Å². The fraction of sp³-hybridized carbons (Fsp3) is 0.304. The first kappa shape index (κ1) is 17.9. The zero-order valence-electron chi connectivity index (χ0n) is 16.0. The summed E-state index contributed by atoms with van der Waals surface area (Å²) in [6.45, 7) is 6.61. The number of fused-ring (bicyclic) bond motifs is 3. The molecule has 0 unspecified atom stereocenters. The average Bonchev–Trinajstić information content (AvgIpc) is 3.23. The minimum atomic E-state index is 0.0927. The number of hydrogen-bond donors (Lipinski definition) is 1. The third kappa shape index (κ3) is 3.30. The lowest BCUT2D eigenvalue weighted by Crippen LogP contribution is -2.18. The molecule has 0 fully saturated rings. The molecule has 2 aromatic carbocycles. The standard InChI is InChI=1S/C23H24N2OS/c1-15-24-21(14-27-15)23(2,3)12-6-7-16-10-11-18-17-8-4-5-9-19(17)22(25-26)20(18)13-16/h4-5,8-11,13-14,26H,6-7,12H2,1-3H3/b25-22-. The number of benzene rings is 2. The van der Waals surface area contributed by atoms with Gasteiger partial charge >= 0.3 is 0 Å². The van der Waals surface area contributed by atoms with E-state index in [4.69, 9.17) is 0 Å². The summed E-state index contributed by atoms with van der Waals surface area (Å²) in [4.78, 5) is 4.67. The molecule has 0 saturated carbocycles. The van der Waals surface area contributed by atoms with Gasteiger partial charge in [0.1, 0.15) is 5.71 Å². The van der Waals surface area contributed by atoms with Crippen molar-refractivity contribution in [2.24, 2.45) is 5.16 Å². The molecule has 138 valence electrons. The molecule has 3 nitrogen and oxygen atoms in total. The van der Waals surface area contributed by atoms with Crippen LogP contribution in [0, 0.1) is 6.92 Å². The van der Waals surface area contributed by atoms with Gasteiger partial charge in [0.05, 0.1) is 10.7 Å². The second-order valence-corrected chi connectivity index (χ2v) is 8.93. The number of aryl methyl sites for hydroxylation is 2. The highest BCUT2D eigenvalue weighted by Crippen LogP contribution is 2.37. The summed E-state index contributed by atoms with van der Waals surface area (Å²) in [5.74, 6) is 0.